The summed E-state index contributed by atoms with van der Waals surface area (Å²) in [4.78, 5) is 14.1. The van der Waals surface area contributed by atoms with Gasteiger partial charge in [-0.25, -0.2) is 0 Å². The summed E-state index contributed by atoms with van der Waals surface area (Å²) in [5.74, 6) is 1.20. The van der Waals surface area contributed by atoms with E-state index in [0.717, 1.165) is 31.5 Å². The van der Waals surface area contributed by atoms with Crippen LogP contribution in [-0.2, 0) is 11.3 Å². The number of rotatable bonds is 8. The maximum absolute atomic E-state index is 11.7. The van der Waals surface area contributed by atoms with Crippen molar-refractivity contribution in [1.82, 2.24) is 10.2 Å². The van der Waals surface area contributed by atoms with E-state index >= 15 is 0 Å². The Morgan fingerprint density at radius 1 is 1.36 bits per heavy atom. The molecule has 6 nitrogen and oxygen atoms in total. The van der Waals surface area contributed by atoms with Gasteiger partial charge in [-0.1, -0.05) is 18.0 Å². The van der Waals surface area contributed by atoms with E-state index in [1.54, 1.807) is 14.2 Å². The first kappa shape index (κ1) is 19.8. The van der Waals surface area contributed by atoms with Gasteiger partial charge in [-0.3, -0.25) is 9.69 Å². The molecule has 0 radical (unpaired) electrons. The van der Waals surface area contributed by atoms with Crippen LogP contribution >= 0.6 is 11.6 Å². The number of amides is 1. The predicted octanol–water partition coefficient (Wildman–Crippen LogP) is 2.18. The topological polar surface area (TPSA) is 76.8 Å². The number of ether oxygens (including phenoxy) is 2. The molecular formula is C18H28ClN3O3. The summed E-state index contributed by atoms with van der Waals surface area (Å²) < 4.78 is 10.7. The zero-order valence-electron chi connectivity index (χ0n) is 15.0. The first-order valence-corrected chi connectivity index (χ1v) is 9.08. The maximum Gasteiger partial charge on any atom is 0.221 e. The van der Waals surface area contributed by atoms with Crippen molar-refractivity contribution in [2.24, 2.45) is 5.73 Å². The minimum Gasteiger partial charge on any atom is -0.493 e. The fourth-order valence-electron chi connectivity index (χ4n) is 3.25. The lowest BCUT2D eigenvalue weighted by Crippen LogP contribution is -2.46. The first-order chi connectivity index (χ1) is 12.1. The molecule has 1 amide bonds. The van der Waals surface area contributed by atoms with Crippen molar-refractivity contribution in [3.63, 3.8) is 0 Å². The summed E-state index contributed by atoms with van der Waals surface area (Å²) in [7, 11) is 3.18. The smallest absolute Gasteiger partial charge is 0.221 e. The van der Waals surface area contributed by atoms with Gasteiger partial charge in [0.15, 0.2) is 11.5 Å². The number of halogens is 1. The Bertz CT molecular complexity index is 583. The number of carbonyl (C=O) groups is 1. The van der Waals surface area contributed by atoms with Gasteiger partial charge in [0.1, 0.15) is 0 Å². The van der Waals surface area contributed by atoms with Crippen molar-refractivity contribution in [2.45, 2.75) is 38.3 Å². The molecule has 1 atom stereocenters. The molecule has 0 aromatic heterocycles. The Kier molecular flexibility index (Phi) is 7.81. The van der Waals surface area contributed by atoms with Gasteiger partial charge >= 0.3 is 0 Å². The number of nitrogens with two attached hydrogens (primary N) is 1. The van der Waals surface area contributed by atoms with Gasteiger partial charge in [-0.2, -0.15) is 0 Å². The Morgan fingerprint density at radius 2 is 2.16 bits per heavy atom. The number of nitrogens with zero attached hydrogens (tertiary/aromatic N) is 1. The number of hydrogen-bond acceptors (Lipinski definition) is 5. The fraction of sp³-hybridized carbons (Fsp3) is 0.611. The number of piperidine rings is 1. The van der Waals surface area contributed by atoms with E-state index in [2.05, 4.69) is 10.2 Å². The summed E-state index contributed by atoms with van der Waals surface area (Å²) in [5, 5.41) is 3.53. The SMILES string of the molecule is COc1cc(CN2CCCCC2CNC(=O)CCN)cc(Cl)c1OC. The third-order valence-electron chi connectivity index (χ3n) is 4.53. The molecule has 0 aliphatic carbocycles. The third-order valence-corrected chi connectivity index (χ3v) is 4.82. The average molecular weight is 370 g/mol. The highest BCUT2D eigenvalue weighted by molar-refractivity contribution is 6.32. The molecular weight excluding hydrogens is 342 g/mol. The molecule has 7 heteroatoms. The van der Waals surface area contributed by atoms with Crippen LogP contribution in [0.3, 0.4) is 0 Å². The van der Waals surface area contributed by atoms with Gasteiger partial charge < -0.3 is 20.5 Å². The second kappa shape index (κ2) is 9.85. The van der Waals surface area contributed by atoms with E-state index in [-0.39, 0.29) is 5.91 Å². The average Bonchev–Trinajstić information content (AvgIpc) is 2.60. The standard InChI is InChI=1S/C18H28ClN3O3/c1-24-16-10-13(9-15(19)18(16)25-2)12-22-8-4-3-5-14(22)11-21-17(23)6-7-20/h9-10,14H,3-8,11-12,20H2,1-2H3,(H,21,23). The van der Waals surface area contributed by atoms with Crippen LogP contribution in [0.5, 0.6) is 11.5 Å². The quantitative estimate of drug-likeness (QED) is 0.734. The lowest BCUT2D eigenvalue weighted by molar-refractivity contribution is -0.121. The molecule has 0 bridgehead atoms. The monoisotopic (exact) mass is 369 g/mol. The lowest BCUT2D eigenvalue weighted by Gasteiger charge is -2.36. The number of methoxy groups -OCH3 is 2. The number of hydrogen-bond donors (Lipinski definition) is 2. The highest BCUT2D eigenvalue weighted by Gasteiger charge is 2.23. The van der Waals surface area contributed by atoms with Crippen molar-refractivity contribution in [1.29, 1.82) is 0 Å². The molecule has 1 fully saturated rings. The molecule has 1 saturated heterocycles. The highest BCUT2D eigenvalue weighted by atomic mass is 35.5. The molecule has 1 aliphatic heterocycles. The van der Waals surface area contributed by atoms with Crippen LogP contribution < -0.4 is 20.5 Å². The van der Waals surface area contributed by atoms with Crippen molar-refractivity contribution in [2.75, 3.05) is 33.9 Å². The van der Waals surface area contributed by atoms with Gasteiger partial charge in [-0.15, -0.1) is 0 Å². The molecule has 1 heterocycles. The van der Waals surface area contributed by atoms with Crippen LogP contribution in [0.1, 0.15) is 31.2 Å². The first-order valence-electron chi connectivity index (χ1n) is 8.70. The lowest BCUT2D eigenvalue weighted by atomic mass is 10.0. The Morgan fingerprint density at radius 3 is 2.84 bits per heavy atom. The minimum atomic E-state index is 0.0159. The Labute approximate surface area is 154 Å². The molecule has 1 aromatic carbocycles. The van der Waals surface area contributed by atoms with Crippen molar-refractivity contribution >= 4 is 17.5 Å². The number of benzene rings is 1. The highest BCUT2D eigenvalue weighted by Crippen LogP contribution is 2.36. The van der Waals surface area contributed by atoms with Crippen LogP contribution in [0.15, 0.2) is 12.1 Å². The van der Waals surface area contributed by atoms with Crippen LogP contribution in [0, 0.1) is 0 Å². The zero-order chi connectivity index (χ0) is 18.2. The molecule has 25 heavy (non-hydrogen) atoms. The molecule has 1 unspecified atom stereocenters. The van der Waals surface area contributed by atoms with Crippen LogP contribution in [0.2, 0.25) is 5.02 Å². The van der Waals surface area contributed by atoms with Gasteiger partial charge in [0.05, 0.1) is 19.2 Å². The maximum atomic E-state index is 11.7. The second-order valence-corrected chi connectivity index (χ2v) is 6.68. The van der Waals surface area contributed by atoms with Crippen molar-refractivity contribution in [3.05, 3.63) is 22.7 Å². The summed E-state index contributed by atoms with van der Waals surface area (Å²) in [5.41, 5.74) is 6.50. The molecule has 0 saturated carbocycles. The van der Waals surface area contributed by atoms with E-state index in [1.807, 2.05) is 12.1 Å². The van der Waals surface area contributed by atoms with E-state index in [1.165, 1.54) is 6.42 Å². The van der Waals surface area contributed by atoms with Crippen molar-refractivity contribution < 1.29 is 14.3 Å². The van der Waals surface area contributed by atoms with E-state index in [0.29, 0.717) is 42.1 Å². The molecule has 3 N–H and O–H groups in total. The molecule has 140 valence electrons. The molecule has 1 aromatic rings. The summed E-state index contributed by atoms with van der Waals surface area (Å²) in [6, 6.07) is 4.20. The van der Waals surface area contributed by atoms with Gasteiger partial charge in [0.25, 0.3) is 0 Å². The van der Waals surface area contributed by atoms with Gasteiger partial charge in [-0.05, 0) is 37.1 Å². The Balaban J connectivity index is 2.05. The van der Waals surface area contributed by atoms with Crippen LogP contribution in [0.4, 0.5) is 0 Å². The largest absolute Gasteiger partial charge is 0.493 e. The van der Waals surface area contributed by atoms with Gasteiger partial charge in [0.2, 0.25) is 5.91 Å². The number of carbonyl (C=O) groups excluding carboxylic acids is 1. The summed E-state index contributed by atoms with van der Waals surface area (Å²) in [6.07, 6.45) is 3.79. The molecule has 0 spiro atoms. The third kappa shape index (κ3) is 5.49. The fourth-order valence-corrected chi connectivity index (χ4v) is 3.56. The number of nitrogens with one attached hydrogen (secondary N) is 1. The predicted molar refractivity (Wildman–Crippen MR) is 99.3 cm³/mol. The summed E-state index contributed by atoms with van der Waals surface area (Å²) in [6.45, 7) is 2.80. The normalized spacial score (nSPS) is 18.0. The van der Waals surface area contributed by atoms with Crippen molar-refractivity contribution in [3.8, 4) is 11.5 Å². The van der Waals surface area contributed by atoms with E-state index in [9.17, 15) is 4.79 Å². The minimum absolute atomic E-state index is 0.0159. The van der Waals surface area contributed by atoms with E-state index < -0.39 is 0 Å². The Hall–Kier alpha value is -1.50. The summed E-state index contributed by atoms with van der Waals surface area (Å²) >= 11 is 6.31. The molecule has 2 rings (SSSR count). The number of likely N-dealkylation sites (tertiary alicyclic amines) is 1. The van der Waals surface area contributed by atoms with Crippen LogP contribution in [-0.4, -0.2) is 50.7 Å². The zero-order valence-corrected chi connectivity index (χ0v) is 15.8. The second-order valence-electron chi connectivity index (χ2n) is 6.28. The van der Waals surface area contributed by atoms with E-state index in [4.69, 9.17) is 26.8 Å². The molecule has 1 aliphatic rings. The van der Waals surface area contributed by atoms with Crippen LogP contribution in [0.25, 0.3) is 0 Å². The van der Waals surface area contributed by atoms with Gasteiger partial charge in [0, 0.05) is 32.1 Å².